The molecule has 0 heterocycles. The third kappa shape index (κ3) is 10.5. The van der Waals surface area contributed by atoms with Gasteiger partial charge >= 0.3 is 0 Å². The number of hydrazine groups is 1. The molecule has 6 N–H and O–H groups in total. The van der Waals surface area contributed by atoms with Gasteiger partial charge in [-0.3, -0.25) is 10.0 Å². The zero-order chi connectivity index (χ0) is 26.3. The van der Waals surface area contributed by atoms with Crippen molar-refractivity contribution in [3.63, 3.8) is 0 Å². The number of thioether (sulfide) groups is 1. The highest BCUT2D eigenvalue weighted by Gasteiger charge is 2.16. The summed E-state index contributed by atoms with van der Waals surface area (Å²) in [6, 6.07) is 0. The van der Waals surface area contributed by atoms with Gasteiger partial charge in [-0.25, -0.2) is 14.2 Å². The van der Waals surface area contributed by atoms with Crippen LogP contribution in [0.4, 0.5) is 8.78 Å². The van der Waals surface area contributed by atoms with E-state index in [9.17, 15) is 8.78 Å². The monoisotopic (exact) mass is 494 g/mol. The molecule has 0 saturated carbocycles. The molecule has 0 aliphatic carbocycles. The molecule has 0 aromatic rings. The van der Waals surface area contributed by atoms with Crippen LogP contribution in [-0.4, -0.2) is 49.8 Å². The standard InChI is InChI=1S/C25H40F2N6S/c1-9-20(12-22(27)13-21(26)10-2)15-32-23(16-31-18(5)19(6)34-8)17(4)24(14-28)33(30-7)25(29)11-3/h9,11-13,22,30-31H,1,5-6,10,14-16,28-29H2,2-4,7-8H3/b20-12+,21-13+,24-17+,25-11+,32-23-. The van der Waals surface area contributed by atoms with Crippen molar-refractivity contribution in [2.24, 2.45) is 16.5 Å². The Bertz CT molecular complexity index is 871. The number of allylic oxidation sites excluding steroid dienone is 4. The Morgan fingerprint density at radius 3 is 2.41 bits per heavy atom. The van der Waals surface area contributed by atoms with E-state index in [1.165, 1.54) is 23.9 Å². The molecule has 0 amide bonds. The Balaban J connectivity index is 6.29. The number of hydrogen-bond donors (Lipinski definition) is 4. The number of aliphatic imine (C=N–C) groups is 1. The molecule has 9 heteroatoms. The second kappa shape index (κ2) is 16.9. The Morgan fingerprint density at radius 1 is 1.29 bits per heavy atom. The van der Waals surface area contributed by atoms with Crippen molar-refractivity contribution in [1.29, 1.82) is 0 Å². The zero-order valence-corrected chi connectivity index (χ0v) is 21.9. The summed E-state index contributed by atoms with van der Waals surface area (Å²) in [6.07, 6.45) is 5.98. The lowest BCUT2D eigenvalue weighted by Gasteiger charge is -2.28. The van der Waals surface area contributed by atoms with Crippen LogP contribution in [0, 0.1) is 0 Å². The van der Waals surface area contributed by atoms with Crippen LogP contribution in [0.15, 0.2) is 88.1 Å². The predicted octanol–water partition coefficient (Wildman–Crippen LogP) is 4.61. The van der Waals surface area contributed by atoms with Crippen LogP contribution in [0.5, 0.6) is 0 Å². The van der Waals surface area contributed by atoms with Gasteiger partial charge in [-0.1, -0.05) is 32.7 Å². The summed E-state index contributed by atoms with van der Waals surface area (Å²) in [5, 5.41) is 4.91. The first kappa shape index (κ1) is 31.4. The SMILES string of the molecule is C=C/C(=C\C(F)/C=C(/F)CC)C/N=C(CNC(=C)C(=C)SC)\C(C)=C(/CN)N(NC)/C(N)=C/C. The lowest BCUT2D eigenvalue weighted by Crippen LogP contribution is -2.41. The van der Waals surface area contributed by atoms with Gasteiger partial charge in [-0.15, -0.1) is 11.8 Å². The molecule has 1 atom stereocenters. The zero-order valence-electron chi connectivity index (χ0n) is 21.0. The van der Waals surface area contributed by atoms with Gasteiger partial charge in [0.1, 0.15) is 12.0 Å². The van der Waals surface area contributed by atoms with Crippen molar-refractivity contribution in [3.05, 3.63) is 83.1 Å². The number of nitrogens with zero attached hydrogens (tertiary/aromatic N) is 2. The van der Waals surface area contributed by atoms with Crippen LogP contribution in [0.25, 0.3) is 0 Å². The quantitative estimate of drug-likeness (QED) is 0.142. The maximum absolute atomic E-state index is 14.2. The normalized spacial score (nSPS) is 14.9. The van der Waals surface area contributed by atoms with Gasteiger partial charge in [0.05, 0.1) is 30.3 Å². The van der Waals surface area contributed by atoms with Crippen LogP contribution in [0.2, 0.25) is 0 Å². The third-order valence-electron chi connectivity index (χ3n) is 4.92. The Labute approximate surface area is 208 Å². The van der Waals surface area contributed by atoms with Gasteiger partial charge in [-0.05, 0) is 55.9 Å². The van der Waals surface area contributed by atoms with Crippen LogP contribution in [0.1, 0.15) is 27.2 Å². The van der Waals surface area contributed by atoms with E-state index in [1.807, 2.05) is 20.1 Å². The van der Waals surface area contributed by atoms with Crippen molar-refractivity contribution >= 4 is 17.5 Å². The molecular formula is C25H40F2N6S. The van der Waals surface area contributed by atoms with E-state index in [2.05, 4.69) is 30.5 Å². The molecule has 0 spiro atoms. The molecule has 0 fully saturated rings. The summed E-state index contributed by atoms with van der Waals surface area (Å²) in [6.45, 7) is 17.7. The molecule has 0 rings (SSSR count). The smallest absolute Gasteiger partial charge is 0.140 e. The molecule has 34 heavy (non-hydrogen) atoms. The number of halogens is 2. The highest BCUT2D eigenvalue weighted by atomic mass is 32.2. The molecule has 0 radical (unpaired) electrons. The van der Waals surface area contributed by atoms with Crippen LogP contribution in [0.3, 0.4) is 0 Å². The molecule has 0 bridgehead atoms. The average Bonchev–Trinajstić information content (AvgIpc) is 2.84. The Kier molecular flexibility index (Phi) is 15.6. The molecule has 1 unspecified atom stereocenters. The summed E-state index contributed by atoms with van der Waals surface area (Å²) in [5.74, 6) is -0.0281. The summed E-state index contributed by atoms with van der Waals surface area (Å²) in [5.41, 5.74) is 18.6. The first-order chi connectivity index (χ1) is 16.1. The van der Waals surface area contributed by atoms with Crippen molar-refractivity contribution < 1.29 is 8.78 Å². The fourth-order valence-electron chi connectivity index (χ4n) is 2.76. The van der Waals surface area contributed by atoms with Gasteiger partial charge < -0.3 is 16.8 Å². The Morgan fingerprint density at radius 2 is 1.94 bits per heavy atom. The van der Waals surface area contributed by atoms with Crippen LogP contribution < -0.4 is 22.2 Å². The van der Waals surface area contributed by atoms with Crippen molar-refractivity contribution in [2.75, 3.05) is 32.9 Å². The fraction of sp³-hybridized carbons (Fsp3) is 0.400. The molecule has 0 aromatic heterocycles. The first-order valence-corrected chi connectivity index (χ1v) is 12.1. The molecule has 0 aliphatic rings. The molecular weight excluding hydrogens is 454 g/mol. The van der Waals surface area contributed by atoms with Gasteiger partial charge in [0, 0.05) is 24.2 Å². The fourth-order valence-corrected chi connectivity index (χ4v) is 3.08. The largest absolute Gasteiger partial charge is 0.384 e. The summed E-state index contributed by atoms with van der Waals surface area (Å²) >= 11 is 1.48. The Hall–Kier alpha value is -2.62. The molecule has 190 valence electrons. The predicted molar refractivity (Wildman–Crippen MR) is 145 cm³/mol. The number of hydrogen-bond acceptors (Lipinski definition) is 7. The van der Waals surface area contributed by atoms with Crippen molar-refractivity contribution in [1.82, 2.24) is 15.8 Å². The van der Waals surface area contributed by atoms with E-state index < -0.39 is 12.0 Å². The van der Waals surface area contributed by atoms with Crippen molar-refractivity contribution in [2.45, 2.75) is 33.4 Å². The van der Waals surface area contributed by atoms with Gasteiger partial charge in [0.15, 0.2) is 0 Å². The summed E-state index contributed by atoms with van der Waals surface area (Å²) < 4.78 is 27.6. The van der Waals surface area contributed by atoms with Gasteiger partial charge in [0.25, 0.3) is 0 Å². The van der Waals surface area contributed by atoms with Crippen molar-refractivity contribution in [3.8, 4) is 0 Å². The number of nitrogens with two attached hydrogens (primary N) is 2. The minimum atomic E-state index is -1.57. The molecule has 0 aromatic carbocycles. The molecule has 0 aliphatic heterocycles. The van der Waals surface area contributed by atoms with E-state index in [1.54, 1.807) is 25.1 Å². The summed E-state index contributed by atoms with van der Waals surface area (Å²) in [7, 11) is 1.74. The highest BCUT2D eigenvalue weighted by Crippen LogP contribution is 2.17. The maximum Gasteiger partial charge on any atom is 0.140 e. The first-order valence-electron chi connectivity index (χ1n) is 10.9. The van der Waals surface area contributed by atoms with Gasteiger partial charge in [0.2, 0.25) is 0 Å². The number of rotatable bonds is 16. The summed E-state index contributed by atoms with van der Waals surface area (Å²) in [4.78, 5) is 5.50. The van der Waals surface area contributed by atoms with E-state index in [-0.39, 0.29) is 19.5 Å². The minimum Gasteiger partial charge on any atom is -0.384 e. The van der Waals surface area contributed by atoms with E-state index >= 15 is 0 Å². The third-order valence-corrected chi connectivity index (χ3v) is 5.66. The number of nitrogens with one attached hydrogen (secondary N) is 2. The average molecular weight is 495 g/mol. The lowest BCUT2D eigenvalue weighted by atomic mass is 10.1. The number of alkyl halides is 1. The maximum atomic E-state index is 14.2. The molecule has 6 nitrogen and oxygen atoms in total. The second-order valence-electron chi connectivity index (χ2n) is 7.13. The van der Waals surface area contributed by atoms with E-state index in [0.29, 0.717) is 35.0 Å². The highest BCUT2D eigenvalue weighted by molar-refractivity contribution is 8.02. The van der Waals surface area contributed by atoms with E-state index in [4.69, 9.17) is 16.5 Å². The second-order valence-corrected chi connectivity index (χ2v) is 8.03. The van der Waals surface area contributed by atoms with Crippen LogP contribution >= 0.6 is 11.8 Å². The topological polar surface area (TPSA) is 91.7 Å². The van der Waals surface area contributed by atoms with E-state index in [0.717, 1.165) is 16.6 Å². The van der Waals surface area contributed by atoms with Crippen LogP contribution in [-0.2, 0) is 0 Å². The lowest BCUT2D eigenvalue weighted by molar-refractivity contribution is 0.331. The van der Waals surface area contributed by atoms with Gasteiger partial charge in [-0.2, -0.15) is 0 Å². The molecule has 0 saturated heterocycles. The minimum absolute atomic E-state index is 0.139.